The van der Waals surface area contributed by atoms with Gasteiger partial charge < -0.3 is 5.32 Å². The zero-order chi connectivity index (χ0) is 15.6. The minimum Gasteiger partial charge on any atom is -0.305 e. The molecular weight excluding hydrogens is 328 g/mol. The molecule has 0 spiro atoms. The summed E-state index contributed by atoms with van der Waals surface area (Å²) in [5.41, 5.74) is 3.76. The number of aryl methyl sites for hydroxylation is 1. The van der Waals surface area contributed by atoms with Gasteiger partial charge in [0, 0.05) is 7.05 Å². The number of aromatic nitrogens is 3. The van der Waals surface area contributed by atoms with Gasteiger partial charge in [-0.05, 0) is 39.0 Å². The second-order valence-corrected chi connectivity index (χ2v) is 7.00. The second kappa shape index (κ2) is 6.28. The SMILES string of the molecule is CCNC(c1ccc(C(C)(C)C)cc1)c1c(Br)nnn1C. The number of halogens is 1. The Morgan fingerprint density at radius 2 is 1.86 bits per heavy atom. The molecule has 114 valence electrons. The van der Waals surface area contributed by atoms with Crippen molar-refractivity contribution in [2.24, 2.45) is 7.05 Å². The van der Waals surface area contributed by atoms with Crippen LogP contribution in [-0.2, 0) is 12.5 Å². The smallest absolute Gasteiger partial charge is 0.153 e. The van der Waals surface area contributed by atoms with Crippen LogP contribution < -0.4 is 5.32 Å². The summed E-state index contributed by atoms with van der Waals surface area (Å²) in [6.07, 6.45) is 0. The summed E-state index contributed by atoms with van der Waals surface area (Å²) in [5.74, 6) is 0. The molecule has 1 aromatic heterocycles. The largest absolute Gasteiger partial charge is 0.305 e. The molecule has 1 unspecified atom stereocenters. The van der Waals surface area contributed by atoms with Crippen molar-refractivity contribution < 1.29 is 0 Å². The summed E-state index contributed by atoms with van der Waals surface area (Å²) < 4.78 is 2.60. The Labute approximate surface area is 135 Å². The normalized spacial score (nSPS) is 13.4. The van der Waals surface area contributed by atoms with Crippen LogP contribution in [0.1, 0.15) is 50.6 Å². The molecular formula is C16H23BrN4. The standard InChI is InChI=1S/C16H23BrN4/c1-6-18-13(14-15(17)19-20-21(14)5)11-7-9-12(10-8-11)16(2,3)4/h7-10,13,18H,6H2,1-5H3. The summed E-state index contributed by atoms with van der Waals surface area (Å²) in [6, 6.07) is 8.87. The van der Waals surface area contributed by atoms with Gasteiger partial charge in [0.15, 0.2) is 4.60 Å². The topological polar surface area (TPSA) is 42.7 Å². The summed E-state index contributed by atoms with van der Waals surface area (Å²) in [5, 5.41) is 11.7. The monoisotopic (exact) mass is 350 g/mol. The van der Waals surface area contributed by atoms with Gasteiger partial charge in [-0.3, -0.25) is 0 Å². The van der Waals surface area contributed by atoms with E-state index in [0.717, 1.165) is 16.8 Å². The average Bonchev–Trinajstić information content (AvgIpc) is 2.75. The van der Waals surface area contributed by atoms with E-state index in [1.54, 1.807) is 0 Å². The van der Waals surface area contributed by atoms with Gasteiger partial charge in [-0.25, -0.2) is 4.68 Å². The molecule has 1 aromatic carbocycles. The fourth-order valence-electron chi connectivity index (χ4n) is 2.40. The number of hydrogen-bond donors (Lipinski definition) is 1. The van der Waals surface area contributed by atoms with Crippen molar-refractivity contribution in [3.05, 3.63) is 45.7 Å². The van der Waals surface area contributed by atoms with Crippen LogP contribution in [0.2, 0.25) is 0 Å². The minimum absolute atomic E-state index is 0.0818. The maximum absolute atomic E-state index is 4.09. The molecule has 0 fully saturated rings. The first kappa shape index (κ1) is 16.2. The Balaban J connectivity index is 2.40. The van der Waals surface area contributed by atoms with Crippen molar-refractivity contribution in [3.63, 3.8) is 0 Å². The predicted molar refractivity (Wildman–Crippen MR) is 89.4 cm³/mol. The van der Waals surface area contributed by atoms with Gasteiger partial charge in [0.25, 0.3) is 0 Å². The Kier molecular flexibility index (Phi) is 4.84. The Morgan fingerprint density at radius 1 is 1.24 bits per heavy atom. The van der Waals surface area contributed by atoms with E-state index < -0.39 is 0 Å². The lowest BCUT2D eigenvalue weighted by atomic mass is 9.86. The van der Waals surface area contributed by atoms with Gasteiger partial charge >= 0.3 is 0 Å². The number of hydrogen-bond acceptors (Lipinski definition) is 3. The molecule has 0 aliphatic carbocycles. The first-order valence-electron chi connectivity index (χ1n) is 7.23. The third-order valence-electron chi connectivity index (χ3n) is 3.62. The molecule has 21 heavy (non-hydrogen) atoms. The third kappa shape index (κ3) is 3.52. The summed E-state index contributed by atoms with van der Waals surface area (Å²) in [7, 11) is 1.92. The van der Waals surface area contributed by atoms with E-state index in [2.05, 4.69) is 83.5 Å². The van der Waals surface area contributed by atoms with Crippen LogP contribution in [0.3, 0.4) is 0 Å². The number of nitrogens with zero attached hydrogens (tertiary/aromatic N) is 3. The van der Waals surface area contributed by atoms with E-state index >= 15 is 0 Å². The van der Waals surface area contributed by atoms with Crippen LogP contribution >= 0.6 is 15.9 Å². The average molecular weight is 351 g/mol. The molecule has 0 saturated carbocycles. The minimum atomic E-state index is 0.0818. The van der Waals surface area contributed by atoms with Crippen LogP contribution in [0.15, 0.2) is 28.9 Å². The zero-order valence-corrected chi connectivity index (χ0v) is 14.9. The van der Waals surface area contributed by atoms with E-state index in [1.807, 2.05) is 11.7 Å². The van der Waals surface area contributed by atoms with Crippen LogP contribution in [0.4, 0.5) is 0 Å². The Hall–Kier alpha value is -1.20. The molecule has 0 aliphatic rings. The lowest BCUT2D eigenvalue weighted by Gasteiger charge is -2.22. The highest BCUT2D eigenvalue weighted by molar-refractivity contribution is 9.10. The van der Waals surface area contributed by atoms with E-state index in [0.29, 0.717) is 0 Å². The number of rotatable bonds is 4. The van der Waals surface area contributed by atoms with Gasteiger partial charge in [0.1, 0.15) is 0 Å². The van der Waals surface area contributed by atoms with E-state index in [1.165, 1.54) is 11.1 Å². The molecule has 0 radical (unpaired) electrons. The summed E-state index contributed by atoms with van der Waals surface area (Å²) in [4.78, 5) is 0. The van der Waals surface area contributed by atoms with Crippen LogP contribution in [0.25, 0.3) is 0 Å². The molecule has 5 heteroatoms. The van der Waals surface area contributed by atoms with Gasteiger partial charge in [-0.1, -0.05) is 57.2 Å². The van der Waals surface area contributed by atoms with Crippen LogP contribution in [0.5, 0.6) is 0 Å². The van der Waals surface area contributed by atoms with Crippen molar-refractivity contribution in [2.45, 2.75) is 39.2 Å². The van der Waals surface area contributed by atoms with Crippen LogP contribution in [0, 0.1) is 0 Å². The lowest BCUT2D eigenvalue weighted by molar-refractivity contribution is 0.564. The molecule has 0 bridgehead atoms. The van der Waals surface area contributed by atoms with Crippen molar-refractivity contribution in [1.82, 2.24) is 20.3 Å². The second-order valence-electron chi connectivity index (χ2n) is 6.25. The zero-order valence-electron chi connectivity index (χ0n) is 13.3. The summed E-state index contributed by atoms with van der Waals surface area (Å²) in [6.45, 7) is 9.67. The van der Waals surface area contributed by atoms with Crippen molar-refractivity contribution >= 4 is 15.9 Å². The van der Waals surface area contributed by atoms with E-state index in [4.69, 9.17) is 0 Å². The maximum atomic E-state index is 4.09. The molecule has 0 saturated heterocycles. The molecule has 2 aromatic rings. The molecule has 2 rings (SSSR count). The molecule has 0 amide bonds. The highest BCUT2D eigenvalue weighted by atomic mass is 79.9. The first-order valence-corrected chi connectivity index (χ1v) is 8.02. The van der Waals surface area contributed by atoms with Crippen molar-refractivity contribution in [3.8, 4) is 0 Å². The highest BCUT2D eigenvalue weighted by Gasteiger charge is 2.22. The fraction of sp³-hybridized carbons (Fsp3) is 0.500. The first-order chi connectivity index (χ1) is 9.84. The van der Waals surface area contributed by atoms with Crippen LogP contribution in [-0.4, -0.2) is 21.5 Å². The van der Waals surface area contributed by atoms with Gasteiger partial charge in [0.2, 0.25) is 0 Å². The van der Waals surface area contributed by atoms with Gasteiger partial charge in [0.05, 0.1) is 11.7 Å². The quantitative estimate of drug-likeness (QED) is 0.916. The highest BCUT2D eigenvalue weighted by Crippen LogP contribution is 2.29. The Morgan fingerprint density at radius 3 is 2.29 bits per heavy atom. The molecule has 1 N–H and O–H groups in total. The van der Waals surface area contributed by atoms with Crippen molar-refractivity contribution in [1.29, 1.82) is 0 Å². The molecule has 4 nitrogen and oxygen atoms in total. The van der Waals surface area contributed by atoms with Gasteiger partial charge in [-0.15, -0.1) is 5.10 Å². The fourth-order valence-corrected chi connectivity index (χ4v) is 2.95. The van der Waals surface area contributed by atoms with E-state index in [-0.39, 0.29) is 11.5 Å². The van der Waals surface area contributed by atoms with Crippen molar-refractivity contribution in [2.75, 3.05) is 6.54 Å². The van der Waals surface area contributed by atoms with E-state index in [9.17, 15) is 0 Å². The molecule has 1 heterocycles. The maximum Gasteiger partial charge on any atom is 0.153 e. The number of nitrogens with one attached hydrogen (secondary N) is 1. The predicted octanol–water partition coefficient (Wildman–Crippen LogP) is 3.57. The lowest BCUT2D eigenvalue weighted by Crippen LogP contribution is -2.24. The van der Waals surface area contributed by atoms with Gasteiger partial charge in [-0.2, -0.15) is 0 Å². The third-order valence-corrected chi connectivity index (χ3v) is 4.18. The summed E-state index contributed by atoms with van der Waals surface area (Å²) >= 11 is 3.50. The number of benzene rings is 1. The molecule has 1 atom stereocenters. The Bertz CT molecular complexity index is 576. The molecule has 0 aliphatic heterocycles.